The first-order valence-electron chi connectivity index (χ1n) is 8.71. The molecule has 2 heterocycles. The van der Waals surface area contributed by atoms with Gasteiger partial charge in [-0.1, -0.05) is 25.0 Å². The first kappa shape index (κ1) is 15.3. The molecule has 2 aromatic rings. The molecule has 24 heavy (non-hydrogen) atoms. The Morgan fingerprint density at radius 2 is 2.21 bits per heavy atom. The maximum absolute atomic E-state index is 12.9. The van der Waals surface area contributed by atoms with Crippen LogP contribution < -0.4 is 10.6 Å². The summed E-state index contributed by atoms with van der Waals surface area (Å²) in [5, 5.41) is 10.7. The average molecular weight is 325 g/mol. The van der Waals surface area contributed by atoms with Gasteiger partial charge in [0.15, 0.2) is 0 Å². The second-order valence-electron chi connectivity index (χ2n) is 6.92. The van der Waals surface area contributed by atoms with E-state index in [2.05, 4.69) is 20.7 Å². The predicted octanol–water partition coefficient (Wildman–Crippen LogP) is 1.66. The van der Waals surface area contributed by atoms with E-state index in [1.807, 2.05) is 24.3 Å². The topological polar surface area (TPSA) is 71.8 Å². The molecule has 1 aliphatic carbocycles. The summed E-state index contributed by atoms with van der Waals surface area (Å²) in [6, 6.07) is 8.05. The lowest BCUT2D eigenvalue weighted by molar-refractivity contribution is -0.134. The van der Waals surface area contributed by atoms with Gasteiger partial charge < -0.3 is 10.6 Å². The number of amides is 1. The molecule has 0 spiro atoms. The average Bonchev–Trinajstić information content (AvgIpc) is 3.30. The van der Waals surface area contributed by atoms with Crippen molar-refractivity contribution >= 4 is 5.91 Å². The molecule has 0 radical (unpaired) electrons. The monoisotopic (exact) mass is 325 g/mol. The number of hydrogen-bond acceptors (Lipinski definition) is 4. The highest BCUT2D eigenvalue weighted by atomic mass is 16.2. The molecule has 2 atom stereocenters. The van der Waals surface area contributed by atoms with Gasteiger partial charge in [0.2, 0.25) is 5.91 Å². The lowest BCUT2D eigenvalue weighted by Crippen LogP contribution is -2.47. The number of benzene rings is 1. The molecule has 0 unspecified atom stereocenters. The number of rotatable bonds is 4. The Labute approximate surface area is 141 Å². The van der Waals surface area contributed by atoms with Gasteiger partial charge in [-0.25, -0.2) is 9.67 Å². The molecular formula is C18H23N5O. The molecule has 1 saturated heterocycles. The maximum atomic E-state index is 12.9. The summed E-state index contributed by atoms with van der Waals surface area (Å²) in [5.74, 6) is 0.721. The van der Waals surface area contributed by atoms with Gasteiger partial charge >= 0.3 is 0 Å². The minimum atomic E-state index is -0.182. The predicted molar refractivity (Wildman–Crippen MR) is 90.5 cm³/mol. The number of carbonyl (C=O) groups excluding carboxylic acids is 1. The van der Waals surface area contributed by atoms with Crippen LogP contribution in [0, 0.1) is 11.3 Å². The molecule has 1 aromatic heterocycles. The Hall–Kier alpha value is -2.21. The van der Waals surface area contributed by atoms with Crippen molar-refractivity contribution < 1.29 is 4.79 Å². The molecule has 4 rings (SSSR count). The number of nitrogens with zero attached hydrogens (tertiary/aromatic N) is 3. The smallest absolute Gasteiger partial charge is 0.228 e. The standard InChI is InChI=1S/C18H23N5O/c24-17(18-8-2-1-3-15(18)10-19-11-18)21-9-14-4-6-16(7-5-14)23-13-20-12-22-23/h4-7,12-13,15,19H,1-3,8-11H2,(H,21,24)/t15-,18+/m0/s1. The van der Waals surface area contributed by atoms with Crippen LogP contribution in [0.3, 0.4) is 0 Å². The van der Waals surface area contributed by atoms with E-state index in [9.17, 15) is 4.79 Å². The van der Waals surface area contributed by atoms with Crippen LogP contribution in [0.2, 0.25) is 0 Å². The second-order valence-corrected chi connectivity index (χ2v) is 6.92. The van der Waals surface area contributed by atoms with E-state index in [0.717, 1.165) is 37.2 Å². The van der Waals surface area contributed by atoms with Gasteiger partial charge in [0.1, 0.15) is 12.7 Å². The highest BCUT2D eigenvalue weighted by molar-refractivity contribution is 5.83. The zero-order valence-electron chi connectivity index (χ0n) is 13.7. The van der Waals surface area contributed by atoms with Crippen molar-refractivity contribution in [3.05, 3.63) is 42.5 Å². The highest BCUT2D eigenvalue weighted by Crippen LogP contribution is 2.43. The number of carbonyl (C=O) groups is 1. The van der Waals surface area contributed by atoms with E-state index in [0.29, 0.717) is 12.5 Å². The summed E-state index contributed by atoms with van der Waals surface area (Å²) < 4.78 is 1.72. The Morgan fingerprint density at radius 3 is 3.00 bits per heavy atom. The zero-order valence-corrected chi connectivity index (χ0v) is 13.7. The molecule has 2 fully saturated rings. The number of aromatic nitrogens is 3. The van der Waals surface area contributed by atoms with Crippen LogP contribution in [0.1, 0.15) is 31.2 Å². The second kappa shape index (κ2) is 6.36. The van der Waals surface area contributed by atoms with Crippen LogP contribution in [0.5, 0.6) is 0 Å². The fraction of sp³-hybridized carbons (Fsp3) is 0.500. The number of hydrogen-bond donors (Lipinski definition) is 2. The van der Waals surface area contributed by atoms with E-state index < -0.39 is 0 Å². The summed E-state index contributed by atoms with van der Waals surface area (Å²) in [4.78, 5) is 16.8. The Bertz CT molecular complexity index is 697. The lowest BCUT2D eigenvalue weighted by Gasteiger charge is -2.37. The van der Waals surface area contributed by atoms with Crippen LogP contribution >= 0.6 is 0 Å². The Balaban J connectivity index is 1.40. The summed E-state index contributed by atoms with van der Waals surface area (Å²) in [5.41, 5.74) is 1.88. The van der Waals surface area contributed by atoms with Gasteiger partial charge in [0.05, 0.1) is 11.1 Å². The SMILES string of the molecule is O=C(NCc1ccc(-n2cncn2)cc1)[C@@]12CCCC[C@H]1CNC2. The van der Waals surface area contributed by atoms with Gasteiger partial charge in [0, 0.05) is 13.1 Å². The van der Waals surface area contributed by atoms with Crippen molar-refractivity contribution in [1.29, 1.82) is 0 Å². The van der Waals surface area contributed by atoms with E-state index in [1.54, 1.807) is 11.0 Å². The first-order valence-corrected chi connectivity index (χ1v) is 8.71. The molecule has 1 aliphatic heterocycles. The van der Waals surface area contributed by atoms with E-state index in [4.69, 9.17) is 0 Å². The van der Waals surface area contributed by atoms with Crippen molar-refractivity contribution in [1.82, 2.24) is 25.4 Å². The van der Waals surface area contributed by atoms with E-state index in [-0.39, 0.29) is 11.3 Å². The molecule has 1 amide bonds. The minimum absolute atomic E-state index is 0.182. The molecule has 2 N–H and O–H groups in total. The van der Waals surface area contributed by atoms with Crippen molar-refractivity contribution in [2.24, 2.45) is 11.3 Å². The van der Waals surface area contributed by atoms with Gasteiger partial charge in [-0.15, -0.1) is 0 Å². The van der Waals surface area contributed by atoms with Crippen molar-refractivity contribution in [2.45, 2.75) is 32.2 Å². The summed E-state index contributed by atoms with van der Waals surface area (Å²) >= 11 is 0. The minimum Gasteiger partial charge on any atom is -0.351 e. The number of fused-ring (bicyclic) bond motifs is 1. The molecule has 1 aromatic carbocycles. The third kappa shape index (κ3) is 2.71. The molecule has 6 nitrogen and oxygen atoms in total. The van der Waals surface area contributed by atoms with E-state index in [1.165, 1.54) is 19.2 Å². The third-order valence-corrected chi connectivity index (χ3v) is 5.56. The van der Waals surface area contributed by atoms with Gasteiger partial charge in [-0.05, 0) is 43.0 Å². The molecule has 126 valence electrons. The summed E-state index contributed by atoms with van der Waals surface area (Å²) in [6.07, 6.45) is 7.80. The van der Waals surface area contributed by atoms with Crippen LogP contribution in [0.4, 0.5) is 0 Å². The molecule has 0 bridgehead atoms. The lowest BCUT2D eigenvalue weighted by atomic mass is 9.67. The number of nitrogens with one attached hydrogen (secondary N) is 2. The maximum Gasteiger partial charge on any atom is 0.228 e. The van der Waals surface area contributed by atoms with Crippen molar-refractivity contribution in [3.8, 4) is 5.69 Å². The molecular weight excluding hydrogens is 302 g/mol. The Morgan fingerprint density at radius 1 is 1.33 bits per heavy atom. The molecule has 2 aliphatic rings. The first-order chi connectivity index (χ1) is 11.8. The largest absolute Gasteiger partial charge is 0.351 e. The van der Waals surface area contributed by atoms with E-state index >= 15 is 0 Å². The van der Waals surface area contributed by atoms with Crippen LogP contribution in [0.15, 0.2) is 36.9 Å². The van der Waals surface area contributed by atoms with Gasteiger partial charge in [-0.2, -0.15) is 5.10 Å². The third-order valence-electron chi connectivity index (χ3n) is 5.56. The summed E-state index contributed by atoms with van der Waals surface area (Å²) in [7, 11) is 0. The molecule has 1 saturated carbocycles. The summed E-state index contributed by atoms with van der Waals surface area (Å²) in [6.45, 7) is 2.39. The quantitative estimate of drug-likeness (QED) is 0.897. The van der Waals surface area contributed by atoms with Crippen LogP contribution in [-0.4, -0.2) is 33.8 Å². The highest BCUT2D eigenvalue weighted by Gasteiger charge is 2.49. The zero-order chi connectivity index (χ0) is 16.4. The Kier molecular flexibility index (Phi) is 4.06. The van der Waals surface area contributed by atoms with Crippen LogP contribution in [0.25, 0.3) is 5.69 Å². The fourth-order valence-electron chi connectivity index (χ4n) is 4.16. The van der Waals surface area contributed by atoms with Gasteiger partial charge in [-0.3, -0.25) is 4.79 Å². The fourth-order valence-corrected chi connectivity index (χ4v) is 4.16. The molecule has 6 heteroatoms. The van der Waals surface area contributed by atoms with Crippen molar-refractivity contribution in [2.75, 3.05) is 13.1 Å². The van der Waals surface area contributed by atoms with Crippen molar-refractivity contribution in [3.63, 3.8) is 0 Å². The van der Waals surface area contributed by atoms with Gasteiger partial charge in [0.25, 0.3) is 0 Å². The van der Waals surface area contributed by atoms with Crippen LogP contribution in [-0.2, 0) is 11.3 Å². The normalized spacial score (nSPS) is 26.1.